The summed E-state index contributed by atoms with van der Waals surface area (Å²) in [5.41, 5.74) is 1.26. The largest absolute Gasteiger partial charge is 0.392 e. The summed E-state index contributed by atoms with van der Waals surface area (Å²) in [5.74, 6) is 0. The molecule has 2 rings (SSSR count). The predicted octanol–water partition coefficient (Wildman–Crippen LogP) is 3.03. The molecule has 1 aromatic carbocycles. The first-order valence-corrected chi connectivity index (χ1v) is 5.64. The monoisotopic (exact) mass is 267 g/mol. The highest BCUT2D eigenvalue weighted by Gasteiger charge is 2.10. The molecule has 0 aliphatic rings. The van der Waals surface area contributed by atoms with Gasteiger partial charge in [-0.05, 0) is 17.5 Å². The van der Waals surface area contributed by atoms with Crippen molar-refractivity contribution in [2.75, 3.05) is 0 Å². The minimum Gasteiger partial charge on any atom is -0.392 e. The van der Waals surface area contributed by atoms with Gasteiger partial charge in [0, 0.05) is 20.1 Å². The van der Waals surface area contributed by atoms with Crippen molar-refractivity contribution in [3.8, 4) is 6.07 Å². The third-order valence-electron chi connectivity index (χ3n) is 2.07. The fourth-order valence-electron chi connectivity index (χ4n) is 1.40. The molecule has 0 radical (unpaired) electrons. The summed E-state index contributed by atoms with van der Waals surface area (Å²) < 4.78 is 1.89. The number of rotatable bonds is 1. The Hall–Kier alpha value is -0.890. The lowest BCUT2D eigenvalue weighted by Crippen LogP contribution is -1.90. The number of hydrogen-bond acceptors (Lipinski definition) is 3. The number of aliphatic hydroxyl groups is 1. The van der Waals surface area contributed by atoms with Crippen LogP contribution in [0.4, 0.5) is 0 Å². The quantitative estimate of drug-likeness (QED) is 0.863. The molecule has 0 amide bonds. The van der Waals surface area contributed by atoms with Gasteiger partial charge in [-0.2, -0.15) is 5.26 Å². The Labute approximate surface area is 93.5 Å². The average molecular weight is 268 g/mol. The Morgan fingerprint density at radius 2 is 2.36 bits per heavy atom. The first kappa shape index (κ1) is 9.66. The van der Waals surface area contributed by atoms with E-state index in [-0.39, 0.29) is 6.61 Å². The van der Waals surface area contributed by atoms with Gasteiger partial charge in [0.2, 0.25) is 0 Å². The van der Waals surface area contributed by atoms with Crippen LogP contribution in [0.5, 0.6) is 0 Å². The van der Waals surface area contributed by atoms with Crippen molar-refractivity contribution in [1.29, 1.82) is 5.26 Å². The van der Waals surface area contributed by atoms with Crippen molar-refractivity contribution in [3.63, 3.8) is 0 Å². The molecule has 0 atom stereocenters. The Balaban J connectivity index is 2.90. The van der Waals surface area contributed by atoms with E-state index in [9.17, 15) is 5.11 Å². The van der Waals surface area contributed by atoms with E-state index in [2.05, 4.69) is 22.0 Å². The number of halogens is 1. The molecule has 0 aliphatic heterocycles. The van der Waals surface area contributed by atoms with Crippen LogP contribution in [0.3, 0.4) is 0 Å². The second-order valence-electron chi connectivity index (χ2n) is 2.82. The van der Waals surface area contributed by atoms with Crippen LogP contribution in [0.2, 0.25) is 0 Å². The van der Waals surface area contributed by atoms with Gasteiger partial charge in [-0.25, -0.2) is 0 Å². The molecule has 2 nitrogen and oxygen atoms in total. The van der Waals surface area contributed by atoms with Gasteiger partial charge in [0.25, 0.3) is 0 Å². The average Bonchev–Trinajstić information content (AvgIpc) is 2.66. The van der Waals surface area contributed by atoms with Gasteiger partial charge in [-0.15, -0.1) is 11.3 Å². The molecular formula is C10H6BrNOS. The summed E-state index contributed by atoms with van der Waals surface area (Å²) >= 11 is 4.95. The standard InChI is InChI=1S/C10H6BrNOS/c11-9-3-6(4-12)8(5-13)10-7(9)1-2-14-10/h1-3,13H,5H2. The maximum atomic E-state index is 9.20. The van der Waals surface area contributed by atoms with Crippen molar-refractivity contribution < 1.29 is 5.11 Å². The van der Waals surface area contributed by atoms with Crippen LogP contribution >= 0.6 is 27.3 Å². The molecule has 14 heavy (non-hydrogen) atoms. The Morgan fingerprint density at radius 3 is 3.00 bits per heavy atom. The summed E-state index contributed by atoms with van der Waals surface area (Å²) in [4.78, 5) is 0. The molecule has 0 spiro atoms. The molecule has 1 N–H and O–H groups in total. The summed E-state index contributed by atoms with van der Waals surface area (Å²) in [6.07, 6.45) is 0. The van der Waals surface area contributed by atoms with Gasteiger partial charge in [0.1, 0.15) is 0 Å². The van der Waals surface area contributed by atoms with Crippen LogP contribution < -0.4 is 0 Å². The van der Waals surface area contributed by atoms with Crippen LogP contribution in [-0.2, 0) is 6.61 Å². The fourth-order valence-corrected chi connectivity index (χ4v) is 3.05. The van der Waals surface area contributed by atoms with Gasteiger partial charge in [-0.3, -0.25) is 0 Å². The topological polar surface area (TPSA) is 44.0 Å². The van der Waals surface area contributed by atoms with E-state index in [1.54, 1.807) is 17.4 Å². The van der Waals surface area contributed by atoms with E-state index < -0.39 is 0 Å². The molecule has 0 unspecified atom stereocenters. The zero-order valence-corrected chi connectivity index (χ0v) is 9.52. The Kier molecular flexibility index (Phi) is 2.55. The highest BCUT2D eigenvalue weighted by molar-refractivity contribution is 9.10. The third-order valence-corrected chi connectivity index (χ3v) is 3.70. The molecule has 1 heterocycles. The van der Waals surface area contributed by atoms with Crippen molar-refractivity contribution in [1.82, 2.24) is 0 Å². The molecular weight excluding hydrogens is 262 g/mol. The van der Waals surface area contributed by atoms with Crippen LogP contribution in [0.1, 0.15) is 11.1 Å². The number of fused-ring (bicyclic) bond motifs is 1. The van der Waals surface area contributed by atoms with Crippen molar-refractivity contribution in [2.45, 2.75) is 6.61 Å². The first-order valence-electron chi connectivity index (χ1n) is 3.97. The van der Waals surface area contributed by atoms with Gasteiger partial charge >= 0.3 is 0 Å². The van der Waals surface area contributed by atoms with Crippen molar-refractivity contribution >= 4 is 37.4 Å². The molecule has 0 aliphatic carbocycles. The zero-order chi connectivity index (χ0) is 10.1. The summed E-state index contributed by atoms with van der Waals surface area (Å²) in [6, 6.07) is 5.81. The van der Waals surface area contributed by atoms with Gasteiger partial charge in [0.15, 0.2) is 0 Å². The zero-order valence-electron chi connectivity index (χ0n) is 7.12. The van der Waals surface area contributed by atoms with Crippen LogP contribution in [0.25, 0.3) is 10.1 Å². The van der Waals surface area contributed by atoms with Gasteiger partial charge in [-0.1, -0.05) is 15.9 Å². The minimum absolute atomic E-state index is 0.0901. The smallest absolute Gasteiger partial charge is 0.0996 e. The molecule has 0 saturated carbocycles. The summed E-state index contributed by atoms with van der Waals surface area (Å²) in [6.45, 7) is -0.0901. The normalized spacial score (nSPS) is 10.4. The maximum absolute atomic E-state index is 9.20. The van der Waals surface area contributed by atoms with Crippen LogP contribution in [0, 0.1) is 11.3 Å². The molecule has 1 aromatic heterocycles. The molecule has 4 heteroatoms. The first-order chi connectivity index (χ1) is 6.77. The second-order valence-corrected chi connectivity index (χ2v) is 4.59. The van der Waals surface area contributed by atoms with E-state index in [1.807, 2.05) is 11.4 Å². The number of nitriles is 1. The van der Waals surface area contributed by atoms with Gasteiger partial charge in [0.05, 0.1) is 18.2 Å². The maximum Gasteiger partial charge on any atom is 0.0996 e. The number of benzene rings is 1. The Bertz CT molecular complexity index is 527. The lowest BCUT2D eigenvalue weighted by atomic mass is 10.1. The molecule has 0 saturated heterocycles. The third kappa shape index (κ3) is 1.34. The predicted molar refractivity (Wildman–Crippen MR) is 60.2 cm³/mol. The molecule has 0 fully saturated rings. The van der Waals surface area contributed by atoms with Crippen molar-refractivity contribution in [2.24, 2.45) is 0 Å². The van der Waals surface area contributed by atoms with Crippen LogP contribution in [0.15, 0.2) is 22.0 Å². The van der Waals surface area contributed by atoms with E-state index in [1.165, 1.54) is 0 Å². The molecule has 2 aromatic rings. The lowest BCUT2D eigenvalue weighted by molar-refractivity contribution is 0.283. The number of aliphatic hydroxyl groups excluding tert-OH is 1. The highest BCUT2D eigenvalue weighted by Crippen LogP contribution is 2.33. The van der Waals surface area contributed by atoms with Crippen molar-refractivity contribution in [3.05, 3.63) is 33.1 Å². The summed E-state index contributed by atoms with van der Waals surface area (Å²) in [5, 5.41) is 21.1. The number of hydrogen-bond donors (Lipinski definition) is 1. The van der Waals surface area contributed by atoms with E-state index in [0.29, 0.717) is 5.56 Å². The SMILES string of the molecule is N#Cc1cc(Br)c2ccsc2c1CO. The lowest BCUT2D eigenvalue weighted by Gasteiger charge is -2.03. The molecule has 0 bridgehead atoms. The fraction of sp³-hybridized carbons (Fsp3) is 0.100. The van der Waals surface area contributed by atoms with Gasteiger partial charge < -0.3 is 5.11 Å². The summed E-state index contributed by atoms with van der Waals surface area (Å²) in [7, 11) is 0. The number of thiophene rings is 1. The van der Waals surface area contributed by atoms with E-state index in [0.717, 1.165) is 20.1 Å². The van der Waals surface area contributed by atoms with E-state index in [4.69, 9.17) is 5.26 Å². The van der Waals surface area contributed by atoms with E-state index >= 15 is 0 Å². The second kappa shape index (κ2) is 3.70. The van der Waals surface area contributed by atoms with Crippen LogP contribution in [-0.4, -0.2) is 5.11 Å². The highest BCUT2D eigenvalue weighted by atomic mass is 79.9. The molecule has 70 valence electrons. The minimum atomic E-state index is -0.0901. The number of nitrogens with zero attached hydrogens (tertiary/aromatic N) is 1. The Morgan fingerprint density at radius 1 is 1.57 bits per heavy atom.